The number of aryl methyl sites for hydroxylation is 6. The molecule has 2 aromatic heterocycles. The van der Waals surface area contributed by atoms with E-state index in [0.717, 1.165) is 41.1 Å². The topological polar surface area (TPSA) is 16.4 Å². The summed E-state index contributed by atoms with van der Waals surface area (Å²) in [6, 6.07) is 92.7. The second-order valence-corrected chi connectivity index (χ2v) is 25.4. The molecule has 0 saturated heterocycles. The summed E-state index contributed by atoms with van der Waals surface area (Å²) in [6.45, 7) is 26.4. The number of anilines is 3. The van der Waals surface area contributed by atoms with E-state index in [1.165, 1.54) is 115 Å². The molecule has 0 amide bonds. The van der Waals surface area contributed by atoms with Crippen LogP contribution >= 0.6 is 23.1 Å². The van der Waals surface area contributed by atoms with Gasteiger partial charge in [0.1, 0.15) is 11.2 Å². The molecule has 4 heteroatoms. The van der Waals surface area contributed by atoms with Crippen molar-refractivity contribution in [3.63, 3.8) is 0 Å². The van der Waals surface area contributed by atoms with Gasteiger partial charge in [0.15, 0.2) is 0 Å². The zero-order valence-electron chi connectivity index (χ0n) is 59.8. The summed E-state index contributed by atoms with van der Waals surface area (Å²) < 4.78 is 8.40. The van der Waals surface area contributed by atoms with Gasteiger partial charge in [-0.25, -0.2) is 0 Å². The van der Waals surface area contributed by atoms with E-state index >= 15 is 0 Å². The monoisotopic (exact) mass is 1320 g/mol. The molecule has 0 radical (unpaired) electrons. The van der Waals surface area contributed by atoms with Crippen molar-refractivity contribution in [1.82, 2.24) is 0 Å². The van der Waals surface area contributed by atoms with E-state index in [4.69, 9.17) is 4.42 Å². The SMILES string of the molecule is C/C=C\C=C/CC.C=C/C=C\C.CC.CCc1ccccc1SC.Cc1ccc(-c2ccc(N(c3ccccc3)c3ccc(C)c(-c4ccc5c(c4)sc4ccccc45)c3)cc2)cc1.Cc1ccc(C2=CCCC=C2)cc1.Cc1ccc2c(c1)oc1ccccc12.Cc1ccccc1. The van der Waals surface area contributed by atoms with E-state index in [2.05, 4.69) is 321 Å². The van der Waals surface area contributed by atoms with Crippen molar-refractivity contribution in [1.29, 1.82) is 0 Å². The standard InChI is InChI=1S/C38H29NS.C13H10O.C13H14.C9H12S.C7H8.C7H12.C5H8.C2H6/c1-26-12-15-28(16-13-26)29-17-21-32(22-18-29)39(31-8-4-3-5-9-31)33-20-14-27(2)36(25-33)30-19-23-35-34-10-6-7-11-37(34)40-38(35)24-30;1-9-6-7-11-10-4-2-3-5-12(10)14-13(11)8-9;1-11-7-9-13(10-8-11)12-5-3-2-4-6-12;1-3-8-6-4-5-7-9(8)10-2;1-7-5-3-2-4-6-7;1-3-5-7-6-4-2;1-3-5-4-2;1-2/h3-25H,1-2H3;2-8H,1H3;3,5-10H,2,4H2,1H3;4-7H,3H2,1-2H3;2-6H,1H3;3,5-7H,4H2,1-2H3;3-5H,1H2,2H3;1-2H3/b;;;;;5-3-,7-6-;5-4-;. The van der Waals surface area contributed by atoms with Gasteiger partial charge in [0.2, 0.25) is 0 Å². The fourth-order valence-corrected chi connectivity index (χ4v) is 12.8. The van der Waals surface area contributed by atoms with Gasteiger partial charge in [0.25, 0.3) is 0 Å². The lowest BCUT2D eigenvalue weighted by molar-refractivity contribution is 0.668. The van der Waals surface area contributed by atoms with E-state index in [1.54, 1.807) is 6.08 Å². The average molecular weight is 1320 g/mol. The van der Waals surface area contributed by atoms with Crippen LogP contribution in [0.1, 0.15) is 99.7 Å². The number of allylic oxidation sites excluding steroid dienone is 11. The molecule has 11 aromatic carbocycles. The lowest BCUT2D eigenvalue weighted by atomic mass is 9.98. The Morgan fingerprint density at radius 3 is 1.58 bits per heavy atom. The predicted molar refractivity (Wildman–Crippen MR) is 440 cm³/mol. The van der Waals surface area contributed by atoms with Crippen LogP contribution < -0.4 is 4.90 Å². The highest BCUT2D eigenvalue weighted by Crippen LogP contribution is 2.41. The number of furan rings is 1. The number of hydrogen-bond donors (Lipinski definition) is 0. The summed E-state index contributed by atoms with van der Waals surface area (Å²) >= 11 is 3.69. The maximum Gasteiger partial charge on any atom is 0.135 e. The second kappa shape index (κ2) is 41.2. The van der Waals surface area contributed by atoms with Crippen LogP contribution in [0.3, 0.4) is 0 Å². The molecule has 2 heterocycles. The zero-order valence-corrected chi connectivity index (χ0v) is 61.4. The summed E-state index contributed by atoms with van der Waals surface area (Å²) in [5.74, 6) is 0. The number of para-hydroxylation sites is 2. The van der Waals surface area contributed by atoms with Gasteiger partial charge < -0.3 is 9.32 Å². The number of fused-ring (bicyclic) bond motifs is 6. The highest BCUT2D eigenvalue weighted by atomic mass is 32.2. The molecule has 498 valence electrons. The van der Waals surface area contributed by atoms with Crippen LogP contribution in [0.15, 0.2) is 338 Å². The summed E-state index contributed by atoms with van der Waals surface area (Å²) in [4.78, 5) is 3.75. The van der Waals surface area contributed by atoms with Crippen LogP contribution in [0.2, 0.25) is 0 Å². The number of rotatable bonds is 11. The molecule has 0 N–H and O–H groups in total. The van der Waals surface area contributed by atoms with Crippen molar-refractivity contribution in [2.75, 3.05) is 11.2 Å². The molecule has 0 saturated carbocycles. The first-order chi connectivity index (χ1) is 47.9. The number of thiophene rings is 1. The Morgan fingerprint density at radius 2 is 0.990 bits per heavy atom. The minimum atomic E-state index is 0.966. The quantitative estimate of drug-likeness (QED) is 0.0949. The summed E-state index contributed by atoms with van der Waals surface area (Å²) in [6.07, 6.45) is 27.3. The van der Waals surface area contributed by atoms with Gasteiger partial charge >= 0.3 is 0 Å². The Hall–Kier alpha value is -9.97. The molecule has 0 aliphatic heterocycles. The smallest absolute Gasteiger partial charge is 0.135 e. The second-order valence-electron chi connectivity index (χ2n) is 23.4. The molecular formula is C94H99NOS2. The molecule has 1 aliphatic rings. The van der Waals surface area contributed by atoms with E-state index in [0.29, 0.717) is 0 Å². The van der Waals surface area contributed by atoms with Crippen molar-refractivity contribution in [3.8, 4) is 22.3 Å². The molecule has 0 spiro atoms. The molecule has 98 heavy (non-hydrogen) atoms. The summed E-state index contributed by atoms with van der Waals surface area (Å²) in [7, 11) is 0. The first kappa shape index (κ1) is 75.4. The molecule has 0 bridgehead atoms. The maximum atomic E-state index is 5.73. The normalized spacial score (nSPS) is 11.2. The Bertz CT molecular complexity index is 4630. The molecule has 0 unspecified atom stereocenters. The highest BCUT2D eigenvalue weighted by molar-refractivity contribution is 7.98. The van der Waals surface area contributed by atoms with Crippen molar-refractivity contribution in [2.45, 2.75) is 107 Å². The minimum absolute atomic E-state index is 0.966. The Kier molecular flexibility index (Phi) is 31.7. The van der Waals surface area contributed by atoms with E-state index in [9.17, 15) is 0 Å². The molecule has 0 atom stereocenters. The van der Waals surface area contributed by atoms with Gasteiger partial charge in [-0.05, 0) is 197 Å². The van der Waals surface area contributed by atoms with Crippen LogP contribution in [0, 0.1) is 34.6 Å². The molecule has 14 rings (SSSR count). The average Bonchev–Trinajstić information content (AvgIpc) is 1.20. The zero-order chi connectivity index (χ0) is 69.9. The first-order valence-electron chi connectivity index (χ1n) is 34.5. The Morgan fingerprint density at radius 1 is 0.459 bits per heavy atom. The third-order valence-corrected chi connectivity index (χ3v) is 18.1. The Balaban J connectivity index is 0.000000190. The van der Waals surface area contributed by atoms with Gasteiger partial charge in [0, 0.05) is 52.9 Å². The first-order valence-corrected chi connectivity index (χ1v) is 36.5. The largest absolute Gasteiger partial charge is 0.456 e. The Labute approximate surface area is 595 Å². The van der Waals surface area contributed by atoms with E-state index in [1.807, 2.05) is 111 Å². The van der Waals surface area contributed by atoms with Crippen LogP contribution in [0.5, 0.6) is 0 Å². The predicted octanol–water partition coefficient (Wildman–Crippen LogP) is 29.4. The fraction of sp³-hybridized carbons (Fsp3) is 0.170. The van der Waals surface area contributed by atoms with Crippen molar-refractivity contribution >= 4 is 87.8 Å². The number of benzene rings is 11. The fourth-order valence-electron chi connectivity index (χ4n) is 10.9. The van der Waals surface area contributed by atoms with Gasteiger partial charge in [-0.15, -0.1) is 23.1 Å². The van der Waals surface area contributed by atoms with Crippen molar-refractivity contribution in [3.05, 3.63) is 367 Å². The molecular weight excluding hydrogens is 1220 g/mol. The molecule has 0 fully saturated rings. The highest BCUT2D eigenvalue weighted by Gasteiger charge is 2.16. The van der Waals surface area contributed by atoms with Crippen LogP contribution in [0.4, 0.5) is 17.1 Å². The number of thioether (sulfide) groups is 1. The third kappa shape index (κ3) is 22.6. The van der Waals surface area contributed by atoms with Gasteiger partial charge in [-0.2, -0.15) is 0 Å². The van der Waals surface area contributed by atoms with Crippen LogP contribution in [-0.4, -0.2) is 6.26 Å². The number of nitrogens with zero attached hydrogens (tertiary/aromatic N) is 1. The molecule has 1 aliphatic carbocycles. The minimum Gasteiger partial charge on any atom is -0.456 e. The molecule has 13 aromatic rings. The maximum absolute atomic E-state index is 5.73. The van der Waals surface area contributed by atoms with Crippen LogP contribution in [0.25, 0.3) is 69.9 Å². The van der Waals surface area contributed by atoms with Gasteiger partial charge in [0.05, 0.1) is 0 Å². The van der Waals surface area contributed by atoms with Crippen LogP contribution in [-0.2, 0) is 6.42 Å². The number of hydrogen-bond acceptors (Lipinski definition) is 4. The summed E-state index contributed by atoms with van der Waals surface area (Å²) in [5.41, 5.74) is 20.9. The lowest BCUT2D eigenvalue weighted by Crippen LogP contribution is -2.10. The molecule has 2 nitrogen and oxygen atoms in total. The van der Waals surface area contributed by atoms with Crippen molar-refractivity contribution in [2.24, 2.45) is 0 Å². The van der Waals surface area contributed by atoms with Gasteiger partial charge in [-0.1, -0.05) is 306 Å². The summed E-state index contributed by atoms with van der Waals surface area (Å²) in [5, 5.41) is 5.07. The van der Waals surface area contributed by atoms with E-state index in [-0.39, 0.29) is 0 Å². The third-order valence-electron chi connectivity index (χ3n) is 16.1. The van der Waals surface area contributed by atoms with Gasteiger partial charge in [-0.3, -0.25) is 0 Å². The van der Waals surface area contributed by atoms with E-state index < -0.39 is 0 Å². The van der Waals surface area contributed by atoms with Crippen molar-refractivity contribution < 1.29 is 4.42 Å². The lowest BCUT2D eigenvalue weighted by Gasteiger charge is -2.26.